The second kappa shape index (κ2) is 7.46. The molecule has 1 amide bonds. The molecule has 0 spiro atoms. The standard InChI is InChI=1S/C21H26N2O3/c1-15-4-7-19(12-16(15)2)26-14-21(25)8-10-23(11-9-21)20(24)18-6-5-17(3)22-13-18/h4-7,12-13,25H,8-11,14H2,1-3H3. The van der Waals surface area contributed by atoms with Crippen LogP contribution in [0.2, 0.25) is 0 Å². The molecule has 3 rings (SSSR count). The summed E-state index contributed by atoms with van der Waals surface area (Å²) < 4.78 is 5.81. The van der Waals surface area contributed by atoms with E-state index in [1.54, 1.807) is 17.2 Å². The van der Waals surface area contributed by atoms with E-state index in [1.165, 1.54) is 11.1 Å². The lowest BCUT2D eigenvalue weighted by molar-refractivity contribution is -0.0475. The molecule has 0 saturated carbocycles. The van der Waals surface area contributed by atoms with Crippen LogP contribution in [-0.2, 0) is 0 Å². The van der Waals surface area contributed by atoms with Gasteiger partial charge >= 0.3 is 0 Å². The Labute approximate surface area is 154 Å². The third kappa shape index (κ3) is 4.22. The van der Waals surface area contributed by atoms with Crippen molar-refractivity contribution in [1.29, 1.82) is 0 Å². The zero-order valence-corrected chi connectivity index (χ0v) is 15.7. The van der Waals surface area contributed by atoms with E-state index < -0.39 is 5.60 Å². The number of ether oxygens (including phenoxy) is 1. The monoisotopic (exact) mass is 354 g/mol. The molecule has 5 heteroatoms. The minimum absolute atomic E-state index is 0.0328. The van der Waals surface area contributed by atoms with Gasteiger partial charge in [0.2, 0.25) is 0 Å². The third-order valence-electron chi connectivity index (χ3n) is 5.13. The summed E-state index contributed by atoms with van der Waals surface area (Å²) >= 11 is 0. The molecule has 26 heavy (non-hydrogen) atoms. The fraction of sp³-hybridized carbons (Fsp3) is 0.429. The average Bonchev–Trinajstić information content (AvgIpc) is 2.63. The number of aryl methyl sites for hydroxylation is 3. The first-order chi connectivity index (χ1) is 12.4. The largest absolute Gasteiger partial charge is 0.491 e. The Bertz CT molecular complexity index is 778. The van der Waals surface area contributed by atoms with E-state index >= 15 is 0 Å². The van der Waals surface area contributed by atoms with Crippen LogP contribution in [0, 0.1) is 20.8 Å². The Morgan fingerprint density at radius 3 is 2.50 bits per heavy atom. The van der Waals surface area contributed by atoms with Gasteiger partial charge in [-0.15, -0.1) is 0 Å². The highest BCUT2D eigenvalue weighted by Crippen LogP contribution is 2.25. The van der Waals surface area contributed by atoms with Crippen molar-refractivity contribution in [1.82, 2.24) is 9.88 Å². The van der Waals surface area contributed by atoms with Gasteiger partial charge in [-0.05, 0) is 69.0 Å². The number of piperidine rings is 1. The van der Waals surface area contributed by atoms with Crippen LogP contribution in [0.1, 0.15) is 40.0 Å². The molecule has 1 N–H and O–H groups in total. The van der Waals surface area contributed by atoms with Crippen molar-refractivity contribution in [2.75, 3.05) is 19.7 Å². The van der Waals surface area contributed by atoms with Crippen LogP contribution in [0.5, 0.6) is 5.75 Å². The predicted molar refractivity (Wildman–Crippen MR) is 100 cm³/mol. The summed E-state index contributed by atoms with van der Waals surface area (Å²) in [7, 11) is 0. The van der Waals surface area contributed by atoms with E-state index in [9.17, 15) is 9.90 Å². The number of aliphatic hydroxyl groups is 1. The second-order valence-electron chi connectivity index (χ2n) is 7.24. The molecule has 0 radical (unpaired) electrons. The highest BCUT2D eigenvalue weighted by molar-refractivity contribution is 5.94. The minimum Gasteiger partial charge on any atom is -0.491 e. The predicted octanol–water partition coefficient (Wildman–Crippen LogP) is 3.05. The molecule has 0 bridgehead atoms. The molecule has 2 aromatic rings. The third-order valence-corrected chi connectivity index (χ3v) is 5.13. The fourth-order valence-corrected chi connectivity index (χ4v) is 3.07. The number of hydrogen-bond donors (Lipinski definition) is 1. The van der Waals surface area contributed by atoms with Gasteiger partial charge in [-0.25, -0.2) is 0 Å². The maximum Gasteiger partial charge on any atom is 0.255 e. The lowest BCUT2D eigenvalue weighted by atomic mass is 9.92. The normalized spacial score (nSPS) is 16.4. The summed E-state index contributed by atoms with van der Waals surface area (Å²) in [5.41, 5.74) is 2.96. The van der Waals surface area contributed by atoms with Crippen molar-refractivity contribution in [3.63, 3.8) is 0 Å². The zero-order chi connectivity index (χ0) is 18.7. The molecule has 0 atom stereocenters. The van der Waals surface area contributed by atoms with Gasteiger partial charge in [0.05, 0.1) is 5.56 Å². The number of hydrogen-bond acceptors (Lipinski definition) is 4. The Morgan fingerprint density at radius 1 is 1.15 bits per heavy atom. The first-order valence-corrected chi connectivity index (χ1v) is 9.01. The maximum absolute atomic E-state index is 12.5. The van der Waals surface area contributed by atoms with Gasteiger partial charge < -0.3 is 14.7 Å². The van der Waals surface area contributed by atoms with Gasteiger partial charge in [-0.2, -0.15) is 0 Å². The molecular formula is C21H26N2O3. The minimum atomic E-state index is -0.902. The molecule has 2 heterocycles. The van der Waals surface area contributed by atoms with Crippen molar-refractivity contribution >= 4 is 5.91 Å². The lowest BCUT2D eigenvalue weighted by Crippen LogP contribution is -2.49. The van der Waals surface area contributed by atoms with Gasteiger partial charge in [0.25, 0.3) is 5.91 Å². The average molecular weight is 354 g/mol. The van der Waals surface area contributed by atoms with Crippen LogP contribution < -0.4 is 4.74 Å². The highest BCUT2D eigenvalue weighted by Gasteiger charge is 2.35. The van der Waals surface area contributed by atoms with E-state index in [0.29, 0.717) is 31.5 Å². The van der Waals surface area contributed by atoms with Crippen molar-refractivity contribution in [2.45, 2.75) is 39.2 Å². The molecule has 1 fully saturated rings. The van der Waals surface area contributed by atoms with Crippen LogP contribution in [0.15, 0.2) is 36.5 Å². The van der Waals surface area contributed by atoms with Crippen LogP contribution in [-0.4, -0.2) is 46.2 Å². The van der Waals surface area contributed by atoms with Crippen molar-refractivity contribution in [2.24, 2.45) is 0 Å². The summed E-state index contributed by atoms with van der Waals surface area (Å²) in [5, 5.41) is 10.8. The molecule has 0 aliphatic carbocycles. The van der Waals surface area contributed by atoms with Crippen LogP contribution in [0.4, 0.5) is 0 Å². The maximum atomic E-state index is 12.5. The fourth-order valence-electron chi connectivity index (χ4n) is 3.07. The molecule has 1 aromatic heterocycles. The summed E-state index contributed by atoms with van der Waals surface area (Å²) in [6, 6.07) is 9.57. The number of likely N-dealkylation sites (tertiary alicyclic amines) is 1. The molecule has 138 valence electrons. The zero-order valence-electron chi connectivity index (χ0n) is 15.7. The SMILES string of the molecule is Cc1ccc(C(=O)N2CCC(O)(COc3ccc(C)c(C)c3)CC2)cn1. The molecule has 1 aliphatic rings. The van der Waals surface area contributed by atoms with E-state index in [4.69, 9.17) is 4.74 Å². The molecular weight excluding hydrogens is 328 g/mol. The summed E-state index contributed by atoms with van der Waals surface area (Å²) in [5.74, 6) is 0.736. The van der Waals surface area contributed by atoms with Gasteiger partial charge in [-0.3, -0.25) is 9.78 Å². The molecule has 1 saturated heterocycles. The van der Waals surface area contributed by atoms with Crippen LogP contribution >= 0.6 is 0 Å². The number of benzene rings is 1. The van der Waals surface area contributed by atoms with E-state index in [0.717, 1.165) is 11.4 Å². The van der Waals surface area contributed by atoms with Gasteiger partial charge in [0.15, 0.2) is 0 Å². The number of carbonyl (C=O) groups is 1. The van der Waals surface area contributed by atoms with Crippen molar-refractivity contribution in [3.8, 4) is 5.75 Å². The van der Waals surface area contributed by atoms with E-state index in [2.05, 4.69) is 11.9 Å². The van der Waals surface area contributed by atoms with Crippen molar-refractivity contribution < 1.29 is 14.6 Å². The second-order valence-corrected chi connectivity index (χ2v) is 7.24. The Hall–Kier alpha value is -2.40. The van der Waals surface area contributed by atoms with Gasteiger partial charge in [0.1, 0.15) is 18.0 Å². The number of rotatable bonds is 4. The molecule has 5 nitrogen and oxygen atoms in total. The highest BCUT2D eigenvalue weighted by atomic mass is 16.5. The first kappa shape index (κ1) is 18.4. The Morgan fingerprint density at radius 2 is 1.88 bits per heavy atom. The molecule has 0 unspecified atom stereocenters. The lowest BCUT2D eigenvalue weighted by Gasteiger charge is -2.38. The number of amides is 1. The summed E-state index contributed by atoms with van der Waals surface area (Å²) in [4.78, 5) is 18.5. The number of aromatic nitrogens is 1. The first-order valence-electron chi connectivity index (χ1n) is 9.01. The summed E-state index contributed by atoms with van der Waals surface area (Å²) in [6.07, 6.45) is 2.62. The van der Waals surface area contributed by atoms with E-state index in [1.807, 2.05) is 38.1 Å². The molecule has 1 aromatic carbocycles. The Kier molecular flexibility index (Phi) is 5.28. The number of nitrogens with zero attached hydrogens (tertiary/aromatic N) is 2. The number of carbonyl (C=O) groups excluding carboxylic acids is 1. The summed E-state index contributed by atoms with van der Waals surface area (Å²) in [6.45, 7) is 7.26. The van der Waals surface area contributed by atoms with Gasteiger partial charge in [0, 0.05) is 25.0 Å². The van der Waals surface area contributed by atoms with Crippen LogP contribution in [0.25, 0.3) is 0 Å². The Balaban J connectivity index is 1.55. The number of pyridine rings is 1. The topological polar surface area (TPSA) is 62.7 Å². The quantitative estimate of drug-likeness (QED) is 0.917. The smallest absolute Gasteiger partial charge is 0.255 e. The van der Waals surface area contributed by atoms with Crippen molar-refractivity contribution in [3.05, 3.63) is 58.9 Å². The van der Waals surface area contributed by atoms with Crippen LogP contribution in [0.3, 0.4) is 0 Å². The van der Waals surface area contributed by atoms with E-state index in [-0.39, 0.29) is 12.5 Å². The molecule has 1 aliphatic heterocycles. The van der Waals surface area contributed by atoms with Gasteiger partial charge in [-0.1, -0.05) is 6.07 Å².